The monoisotopic (exact) mass is 572 g/mol. The fraction of sp³-hybridized carbons (Fsp3) is 0.385. The van der Waals surface area contributed by atoms with Gasteiger partial charge in [0, 0.05) is 24.0 Å². The van der Waals surface area contributed by atoms with Crippen LogP contribution in [0.5, 0.6) is 5.75 Å². The molecule has 2 unspecified atom stereocenters. The molecule has 3 rings (SSSR count). The third-order valence-corrected chi connectivity index (χ3v) is 6.76. The van der Waals surface area contributed by atoms with E-state index in [2.05, 4.69) is 10.3 Å². The third-order valence-electron chi connectivity index (χ3n) is 6.76. The van der Waals surface area contributed by atoms with Crippen LogP contribution in [0.3, 0.4) is 0 Å². The normalized spacial score (nSPS) is 17.9. The molecule has 0 saturated heterocycles. The maximum Gasteiger partial charge on any atom is 0.389 e. The van der Waals surface area contributed by atoms with E-state index < -0.39 is 73.1 Å². The van der Waals surface area contributed by atoms with Crippen LogP contribution in [-0.4, -0.2) is 48.9 Å². The number of ether oxygens (including phenoxy) is 1. The lowest BCUT2D eigenvalue weighted by Crippen LogP contribution is -2.58. The minimum atomic E-state index is -4.93. The van der Waals surface area contributed by atoms with Crippen molar-refractivity contribution in [3.05, 3.63) is 59.7 Å². The number of alkyl halides is 6. The van der Waals surface area contributed by atoms with Crippen LogP contribution in [0, 0.1) is 11.3 Å². The molecule has 40 heavy (non-hydrogen) atoms. The van der Waals surface area contributed by atoms with Gasteiger partial charge in [-0.1, -0.05) is 18.2 Å². The number of amides is 3. The molecule has 0 radical (unpaired) electrons. The van der Waals surface area contributed by atoms with Gasteiger partial charge in [-0.3, -0.25) is 19.4 Å². The number of anilines is 1. The molecule has 0 saturated carbocycles. The van der Waals surface area contributed by atoms with E-state index in [0.717, 1.165) is 0 Å². The zero-order valence-corrected chi connectivity index (χ0v) is 21.1. The molecule has 1 heterocycles. The van der Waals surface area contributed by atoms with Gasteiger partial charge in [0.25, 0.3) is 0 Å². The van der Waals surface area contributed by atoms with Gasteiger partial charge in [-0.25, -0.2) is 0 Å². The van der Waals surface area contributed by atoms with Crippen molar-refractivity contribution in [3.8, 4) is 5.75 Å². The first-order valence-electron chi connectivity index (χ1n) is 11.9. The van der Waals surface area contributed by atoms with Crippen molar-refractivity contribution >= 4 is 29.1 Å². The molecule has 3 atom stereocenters. The van der Waals surface area contributed by atoms with E-state index in [1.54, 1.807) is 12.1 Å². The van der Waals surface area contributed by atoms with Gasteiger partial charge < -0.3 is 21.5 Å². The Morgan fingerprint density at radius 3 is 2.08 bits per heavy atom. The number of halogens is 6. The first-order valence-corrected chi connectivity index (χ1v) is 11.9. The van der Waals surface area contributed by atoms with Crippen LogP contribution in [0.15, 0.2) is 53.5 Å². The summed E-state index contributed by atoms with van der Waals surface area (Å²) in [6, 6.07) is 10.1. The van der Waals surface area contributed by atoms with E-state index in [4.69, 9.17) is 16.2 Å². The number of benzodiazepines with no additional fused rings is 1. The standard InChI is InChI=1S/C26H26F6N4O4/c1-40-15-8-6-14(7-9-15)19-16-4-2-3-5-18(16)35-22(38)20(36-19)24(23(34)39,12-13-26(30,31)32)17(21(33)37)10-11-25(27,28)29/h2-9,17,20H,10-13H2,1H3,(H2,33,37)(H2,34,39)(H,35,38)/t17?,20-,24?/m1/s1. The Morgan fingerprint density at radius 1 is 0.950 bits per heavy atom. The topological polar surface area (TPSA) is 137 Å². The number of rotatable bonds is 10. The van der Waals surface area contributed by atoms with Crippen molar-refractivity contribution in [2.75, 3.05) is 12.4 Å². The molecule has 0 bridgehead atoms. The van der Waals surface area contributed by atoms with Crippen molar-refractivity contribution < 1.29 is 45.5 Å². The number of para-hydroxylation sites is 1. The Bertz CT molecular complexity index is 1290. The number of nitrogens with two attached hydrogens (primary N) is 2. The van der Waals surface area contributed by atoms with Crippen LogP contribution in [0.1, 0.15) is 36.8 Å². The number of hydrogen-bond donors (Lipinski definition) is 3. The molecule has 216 valence electrons. The summed E-state index contributed by atoms with van der Waals surface area (Å²) in [5.41, 5.74) is 8.91. The molecule has 14 heteroatoms. The Balaban J connectivity index is 2.32. The van der Waals surface area contributed by atoms with E-state index in [-0.39, 0.29) is 11.4 Å². The molecular weight excluding hydrogens is 546 g/mol. The highest BCUT2D eigenvalue weighted by Crippen LogP contribution is 2.46. The van der Waals surface area contributed by atoms with Gasteiger partial charge in [-0.05, 0) is 43.2 Å². The summed E-state index contributed by atoms with van der Waals surface area (Å²) in [5.74, 6) is -6.07. The summed E-state index contributed by atoms with van der Waals surface area (Å²) in [6.45, 7) is 0. The zero-order chi connectivity index (χ0) is 29.9. The highest BCUT2D eigenvalue weighted by molar-refractivity contribution is 6.20. The lowest BCUT2D eigenvalue weighted by Gasteiger charge is -2.40. The Kier molecular flexibility index (Phi) is 8.80. The number of methoxy groups -OCH3 is 1. The van der Waals surface area contributed by atoms with Crippen LogP contribution < -0.4 is 21.5 Å². The van der Waals surface area contributed by atoms with Crippen molar-refractivity contribution in [1.29, 1.82) is 0 Å². The zero-order valence-electron chi connectivity index (χ0n) is 21.1. The number of primary amides is 2. The van der Waals surface area contributed by atoms with Crippen molar-refractivity contribution in [2.24, 2.45) is 27.8 Å². The first kappa shape index (κ1) is 30.4. The van der Waals surface area contributed by atoms with Gasteiger partial charge in [-0.2, -0.15) is 26.3 Å². The van der Waals surface area contributed by atoms with E-state index in [0.29, 0.717) is 16.9 Å². The van der Waals surface area contributed by atoms with Gasteiger partial charge in [-0.15, -0.1) is 0 Å². The van der Waals surface area contributed by atoms with Gasteiger partial charge in [0.1, 0.15) is 11.8 Å². The SMILES string of the molecule is COc1ccc(C2=N[C@@H](C(CCC(F)(F)F)(C(N)=O)C(CCC(F)(F)F)C(N)=O)C(=O)Nc3ccccc32)cc1. The van der Waals surface area contributed by atoms with Crippen LogP contribution in [0.2, 0.25) is 0 Å². The number of fused-ring (bicyclic) bond motifs is 1. The van der Waals surface area contributed by atoms with Gasteiger partial charge >= 0.3 is 12.4 Å². The average molecular weight is 573 g/mol. The summed E-state index contributed by atoms with van der Waals surface area (Å²) in [4.78, 5) is 43.5. The number of carbonyl (C=O) groups is 3. The van der Waals surface area contributed by atoms with Crippen LogP contribution in [0.25, 0.3) is 0 Å². The summed E-state index contributed by atoms with van der Waals surface area (Å²) in [5, 5.41) is 2.48. The lowest BCUT2D eigenvalue weighted by atomic mass is 9.64. The molecule has 0 fully saturated rings. The fourth-order valence-electron chi connectivity index (χ4n) is 4.83. The first-order chi connectivity index (χ1) is 18.6. The lowest BCUT2D eigenvalue weighted by molar-refractivity contribution is -0.163. The second-order valence-corrected chi connectivity index (χ2v) is 9.27. The average Bonchev–Trinajstić information content (AvgIpc) is 3.00. The quantitative estimate of drug-likeness (QED) is 0.369. The van der Waals surface area contributed by atoms with Gasteiger partial charge in [0.15, 0.2) is 0 Å². The number of benzene rings is 2. The van der Waals surface area contributed by atoms with Crippen LogP contribution >= 0.6 is 0 Å². The van der Waals surface area contributed by atoms with Crippen molar-refractivity contribution in [2.45, 2.75) is 44.1 Å². The summed E-state index contributed by atoms with van der Waals surface area (Å²) in [7, 11) is 1.42. The Morgan fingerprint density at radius 2 is 1.55 bits per heavy atom. The van der Waals surface area contributed by atoms with E-state index in [1.165, 1.54) is 43.5 Å². The smallest absolute Gasteiger partial charge is 0.389 e. The molecule has 0 spiro atoms. The molecule has 1 aliphatic rings. The number of aliphatic imine (C=N–C) groups is 1. The minimum absolute atomic E-state index is 0.0123. The fourth-order valence-corrected chi connectivity index (χ4v) is 4.83. The second kappa shape index (κ2) is 11.6. The van der Waals surface area contributed by atoms with E-state index in [9.17, 15) is 40.7 Å². The van der Waals surface area contributed by atoms with Gasteiger partial charge in [0.05, 0.1) is 29.8 Å². The molecule has 8 nitrogen and oxygen atoms in total. The summed E-state index contributed by atoms with van der Waals surface area (Å²) >= 11 is 0. The molecule has 3 amide bonds. The molecule has 1 aliphatic heterocycles. The number of hydrogen-bond acceptors (Lipinski definition) is 5. The predicted molar refractivity (Wildman–Crippen MR) is 132 cm³/mol. The van der Waals surface area contributed by atoms with Crippen LogP contribution in [-0.2, 0) is 14.4 Å². The Hall–Kier alpha value is -4.10. The molecule has 0 aliphatic carbocycles. The molecule has 2 aromatic rings. The Labute approximate surface area is 224 Å². The van der Waals surface area contributed by atoms with Crippen LogP contribution in [0.4, 0.5) is 32.0 Å². The number of carbonyl (C=O) groups excluding carboxylic acids is 3. The molecular formula is C26H26F6N4O4. The molecule has 2 aromatic carbocycles. The highest BCUT2D eigenvalue weighted by Gasteiger charge is 2.57. The summed E-state index contributed by atoms with van der Waals surface area (Å²) < 4.78 is 85.1. The number of nitrogens with one attached hydrogen (secondary N) is 1. The number of nitrogens with zero attached hydrogens (tertiary/aromatic N) is 1. The maximum atomic E-state index is 13.6. The van der Waals surface area contributed by atoms with Gasteiger partial charge in [0.2, 0.25) is 17.7 Å². The molecule has 0 aromatic heterocycles. The molecule has 5 N–H and O–H groups in total. The third kappa shape index (κ3) is 6.72. The van der Waals surface area contributed by atoms with E-state index in [1.807, 2.05) is 0 Å². The summed E-state index contributed by atoms with van der Waals surface area (Å²) in [6.07, 6.45) is -15.7. The highest BCUT2D eigenvalue weighted by atomic mass is 19.4. The maximum absolute atomic E-state index is 13.6. The largest absolute Gasteiger partial charge is 0.497 e. The van der Waals surface area contributed by atoms with Crippen molar-refractivity contribution in [1.82, 2.24) is 0 Å². The van der Waals surface area contributed by atoms with Crippen molar-refractivity contribution in [3.63, 3.8) is 0 Å². The minimum Gasteiger partial charge on any atom is -0.497 e. The second-order valence-electron chi connectivity index (χ2n) is 9.27. The predicted octanol–water partition coefficient (Wildman–Crippen LogP) is 4.11. The van der Waals surface area contributed by atoms with E-state index >= 15 is 0 Å².